The van der Waals surface area contributed by atoms with Crippen molar-refractivity contribution in [2.24, 2.45) is 0 Å². The molecule has 0 bridgehead atoms. The third-order valence-electron chi connectivity index (χ3n) is 2.63. The number of imidazole rings is 1. The number of nitrogens with zero attached hydrogens (tertiary/aromatic N) is 1. The Labute approximate surface area is 106 Å². The number of H-pyrrole nitrogens is 2. The number of nitrogens with one attached hydrogen (secondary N) is 3. The van der Waals surface area contributed by atoms with Gasteiger partial charge in [-0.25, -0.2) is 4.79 Å². The van der Waals surface area contributed by atoms with Crippen LogP contribution in [0.2, 0.25) is 0 Å². The van der Waals surface area contributed by atoms with Crippen LogP contribution in [0.15, 0.2) is 33.6 Å². The van der Waals surface area contributed by atoms with Gasteiger partial charge in [0.2, 0.25) is 0 Å². The number of aromatic nitrogens is 3. The number of hydrogen-bond acceptors (Lipinski definition) is 4. The molecule has 3 rings (SSSR count). The first kappa shape index (κ1) is 11.3. The molecule has 0 atom stereocenters. The molecule has 7 nitrogen and oxygen atoms in total. The highest BCUT2D eigenvalue weighted by molar-refractivity contribution is 6.03. The molecular weight excluding hydrogens is 248 g/mol. The monoisotopic (exact) mass is 258 g/mol. The zero-order valence-electron chi connectivity index (χ0n) is 9.98. The van der Waals surface area contributed by atoms with Gasteiger partial charge in [-0.2, -0.15) is 0 Å². The van der Waals surface area contributed by atoms with Gasteiger partial charge in [0.1, 0.15) is 5.76 Å². The van der Waals surface area contributed by atoms with Gasteiger partial charge in [-0.15, -0.1) is 0 Å². The Hall–Kier alpha value is -2.83. The lowest BCUT2D eigenvalue weighted by Crippen LogP contribution is -2.12. The van der Waals surface area contributed by atoms with Crippen LogP contribution in [0.5, 0.6) is 0 Å². The first-order valence-electron chi connectivity index (χ1n) is 5.58. The summed E-state index contributed by atoms with van der Waals surface area (Å²) in [5, 5.41) is 6.30. The molecule has 19 heavy (non-hydrogen) atoms. The lowest BCUT2D eigenvalue weighted by Gasteiger charge is -2.02. The molecule has 1 amide bonds. The summed E-state index contributed by atoms with van der Waals surface area (Å²) in [6.07, 6.45) is 0. The minimum atomic E-state index is -0.367. The van der Waals surface area contributed by atoms with Crippen molar-refractivity contribution in [3.63, 3.8) is 0 Å². The van der Waals surface area contributed by atoms with Crippen LogP contribution in [-0.4, -0.2) is 21.0 Å². The number of hydrogen-bond donors (Lipinski definition) is 3. The summed E-state index contributed by atoms with van der Waals surface area (Å²) >= 11 is 0. The van der Waals surface area contributed by atoms with Crippen molar-refractivity contribution in [2.45, 2.75) is 6.92 Å². The highest BCUT2D eigenvalue weighted by Gasteiger charge is 2.11. The Morgan fingerprint density at radius 1 is 1.26 bits per heavy atom. The molecule has 0 unspecified atom stereocenters. The molecule has 7 heteroatoms. The molecule has 2 aromatic heterocycles. The summed E-state index contributed by atoms with van der Waals surface area (Å²) in [6.45, 7) is 1.71. The first-order chi connectivity index (χ1) is 9.11. The molecule has 3 N–H and O–H groups in total. The summed E-state index contributed by atoms with van der Waals surface area (Å²) in [5.41, 5.74) is 1.79. The van der Waals surface area contributed by atoms with E-state index in [0.717, 1.165) is 0 Å². The zero-order valence-corrected chi connectivity index (χ0v) is 9.98. The number of anilines is 1. The van der Waals surface area contributed by atoms with E-state index < -0.39 is 0 Å². The molecule has 2 heterocycles. The lowest BCUT2D eigenvalue weighted by molar-refractivity contribution is 0.101. The first-order valence-corrected chi connectivity index (χ1v) is 5.58. The average molecular weight is 258 g/mol. The maximum Gasteiger partial charge on any atom is 0.323 e. The van der Waals surface area contributed by atoms with Gasteiger partial charge in [0.05, 0.1) is 11.0 Å². The number of amides is 1. The summed E-state index contributed by atoms with van der Waals surface area (Å²) in [7, 11) is 0. The lowest BCUT2D eigenvalue weighted by atomic mass is 10.2. The van der Waals surface area contributed by atoms with Crippen LogP contribution < -0.4 is 11.0 Å². The third kappa shape index (κ3) is 2.13. The van der Waals surface area contributed by atoms with Gasteiger partial charge < -0.3 is 19.8 Å². The van der Waals surface area contributed by atoms with Crippen molar-refractivity contribution in [2.75, 3.05) is 5.32 Å². The topological polar surface area (TPSA) is 104 Å². The van der Waals surface area contributed by atoms with Gasteiger partial charge in [0, 0.05) is 11.8 Å². The van der Waals surface area contributed by atoms with E-state index in [2.05, 4.69) is 20.4 Å². The van der Waals surface area contributed by atoms with E-state index >= 15 is 0 Å². The zero-order chi connectivity index (χ0) is 13.4. The summed E-state index contributed by atoms with van der Waals surface area (Å²) in [6, 6.07) is 6.61. The van der Waals surface area contributed by atoms with Crippen LogP contribution in [0.25, 0.3) is 11.0 Å². The highest BCUT2D eigenvalue weighted by atomic mass is 16.5. The van der Waals surface area contributed by atoms with E-state index in [0.29, 0.717) is 22.5 Å². The minimum Gasteiger partial charge on any atom is -0.361 e. The maximum atomic E-state index is 11.9. The molecule has 1 aromatic carbocycles. The number of fused-ring (bicyclic) bond motifs is 1. The van der Waals surface area contributed by atoms with Crippen LogP contribution in [-0.2, 0) is 0 Å². The van der Waals surface area contributed by atoms with Crippen LogP contribution >= 0.6 is 0 Å². The molecule has 96 valence electrons. The molecular formula is C12H10N4O3. The third-order valence-corrected chi connectivity index (χ3v) is 2.63. The fraction of sp³-hybridized carbons (Fsp3) is 0.0833. The molecule has 0 saturated carbocycles. The molecule has 0 aliphatic rings. The van der Waals surface area contributed by atoms with Crippen LogP contribution in [0, 0.1) is 6.92 Å². The van der Waals surface area contributed by atoms with E-state index in [1.807, 2.05) is 0 Å². The fourth-order valence-electron chi connectivity index (χ4n) is 1.78. The smallest absolute Gasteiger partial charge is 0.323 e. The summed E-state index contributed by atoms with van der Waals surface area (Å²) in [4.78, 5) is 28.2. The molecule has 0 aliphatic carbocycles. The summed E-state index contributed by atoms with van der Waals surface area (Å²) in [5.74, 6) is 0.199. The molecule has 0 spiro atoms. The van der Waals surface area contributed by atoms with Crippen molar-refractivity contribution < 1.29 is 9.32 Å². The normalized spacial score (nSPS) is 10.8. The second-order valence-electron chi connectivity index (χ2n) is 4.12. The standard InChI is InChI=1S/C12H10N4O3/c1-6-4-10(16-19-6)11(17)13-7-2-3-8-9(5-7)15-12(18)14-8/h2-5H,1H3,(H,13,17)(H2,14,15,18). The van der Waals surface area contributed by atoms with Gasteiger partial charge in [0.25, 0.3) is 5.91 Å². The quantitative estimate of drug-likeness (QED) is 0.646. The van der Waals surface area contributed by atoms with Crippen molar-refractivity contribution in [3.8, 4) is 0 Å². The van der Waals surface area contributed by atoms with Crippen molar-refractivity contribution in [3.05, 3.63) is 46.2 Å². The molecule has 3 aromatic rings. The average Bonchev–Trinajstić information content (AvgIpc) is 2.93. The second kappa shape index (κ2) is 4.13. The van der Waals surface area contributed by atoms with Crippen LogP contribution in [0.1, 0.15) is 16.2 Å². The minimum absolute atomic E-state index is 0.208. The van der Waals surface area contributed by atoms with Crippen LogP contribution in [0.3, 0.4) is 0 Å². The van der Waals surface area contributed by atoms with Gasteiger partial charge in [-0.1, -0.05) is 5.16 Å². The van der Waals surface area contributed by atoms with Crippen molar-refractivity contribution in [1.82, 2.24) is 15.1 Å². The predicted octanol–water partition coefficient (Wildman–Crippen LogP) is 1.40. The second-order valence-corrected chi connectivity index (χ2v) is 4.12. The van der Waals surface area contributed by atoms with Gasteiger partial charge in [0.15, 0.2) is 5.69 Å². The van der Waals surface area contributed by atoms with Gasteiger partial charge >= 0.3 is 5.69 Å². The number of benzene rings is 1. The largest absolute Gasteiger partial charge is 0.361 e. The highest BCUT2D eigenvalue weighted by Crippen LogP contribution is 2.15. The van der Waals surface area contributed by atoms with Crippen molar-refractivity contribution in [1.29, 1.82) is 0 Å². The Bertz CT molecular complexity index is 812. The Kier molecular flexibility index (Phi) is 2.45. The number of aryl methyl sites for hydroxylation is 1. The van der Waals surface area contributed by atoms with Gasteiger partial charge in [-0.3, -0.25) is 4.79 Å². The maximum absolute atomic E-state index is 11.9. The fourth-order valence-corrected chi connectivity index (χ4v) is 1.78. The molecule has 0 aliphatic heterocycles. The Morgan fingerprint density at radius 3 is 2.79 bits per heavy atom. The number of rotatable bonds is 2. The van der Waals surface area contributed by atoms with Crippen LogP contribution in [0.4, 0.5) is 5.69 Å². The van der Waals surface area contributed by atoms with E-state index in [4.69, 9.17) is 4.52 Å². The Morgan fingerprint density at radius 2 is 2.05 bits per heavy atom. The number of aromatic amines is 2. The molecule has 0 fully saturated rings. The predicted molar refractivity (Wildman–Crippen MR) is 68.1 cm³/mol. The summed E-state index contributed by atoms with van der Waals surface area (Å²) < 4.78 is 4.83. The SMILES string of the molecule is Cc1cc(C(=O)Nc2ccc3[nH]c(=O)[nH]c3c2)no1. The van der Waals surface area contributed by atoms with E-state index in [1.165, 1.54) is 0 Å². The van der Waals surface area contributed by atoms with E-state index in [1.54, 1.807) is 31.2 Å². The molecule has 0 radical (unpaired) electrons. The number of carbonyl (C=O) groups is 1. The van der Waals surface area contributed by atoms with E-state index in [9.17, 15) is 9.59 Å². The molecule has 0 saturated heterocycles. The van der Waals surface area contributed by atoms with E-state index in [-0.39, 0.29) is 17.3 Å². The number of carbonyl (C=O) groups excluding carboxylic acids is 1. The van der Waals surface area contributed by atoms with Gasteiger partial charge in [-0.05, 0) is 25.1 Å². The van der Waals surface area contributed by atoms with Crippen molar-refractivity contribution >= 4 is 22.6 Å². The Balaban J connectivity index is 1.88.